The van der Waals surface area contributed by atoms with E-state index in [9.17, 15) is 21.2 Å². The Kier molecular flexibility index (Phi) is 3.54. The van der Waals surface area contributed by atoms with E-state index in [1.807, 2.05) is 0 Å². The van der Waals surface area contributed by atoms with Gasteiger partial charge in [0.2, 0.25) is 10.0 Å². The molecule has 1 saturated heterocycles. The molecule has 1 aliphatic rings. The number of sulfonamides is 1. The number of halogens is 1. The molecule has 1 heterocycles. The summed E-state index contributed by atoms with van der Waals surface area (Å²) in [5, 5.41) is 0. The number of nitrogens with zero attached hydrogens (tertiary/aromatic N) is 1. The van der Waals surface area contributed by atoms with Crippen LogP contribution in [0.5, 0.6) is 0 Å². The van der Waals surface area contributed by atoms with Gasteiger partial charge in [-0.05, 0) is 18.2 Å². The summed E-state index contributed by atoms with van der Waals surface area (Å²) in [7, 11) is -7.22. The molecule has 2 rings (SSSR count). The van der Waals surface area contributed by atoms with E-state index in [4.69, 9.17) is 5.73 Å². The standard InChI is InChI=1S/C10H13FN2O4S2/c11-9-7-8(12)1-2-10(9)19(16,17)13-3-5-18(14,15)6-4-13/h1-2,7H,3-6,12H2. The van der Waals surface area contributed by atoms with Crippen LogP contribution in [-0.4, -0.2) is 45.7 Å². The van der Waals surface area contributed by atoms with E-state index in [1.54, 1.807) is 0 Å². The average molecular weight is 308 g/mol. The Morgan fingerprint density at radius 1 is 1.21 bits per heavy atom. The minimum absolute atomic E-state index is 0.123. The summed E-state index contributed by atoms with van der Waals surface area (Å²) in [6.45, 7) is -0.317. The maximum atomic E-state index is 13.6. The Labute approximate surface area is 111 Å². The number of anilines is 1. The zero-order valence-corrected chi connectivity index (χ0v) is 11.5. The van der Waals surface area contributed by atoms with Crippen LogP contribution in [0.2, 0.25) is 0 Å². The van der Waals surface area contributed by atoms with Crippen molar-refractivity contribution in [1.82, 2.24) is 4.31 Å². The van der Waals surface area contributed by atoms with E-state index in [0.717, 1.165) is 16.4 Å². The maximum Gasteiger partial charge on any atom is 0.246 e. The van der Waals surface area contributed by atoms with Crippen molar-refractivity contribution in [3.63, 3.8) is 0 Å². The van der Waals surface area contributed by atoms with E-state index in [-0.39, 0.29) is 30.3 Å². The minimum Gasteiger partial charge on any atom is -0.399 e. The molecule has 0 atom stereocenters. The summed E-state index contributed by atoms with van der Waals surface area (Å²) in [6, 6.07) is 3.30. The summed E-state index contributed by atoms with van der Waals surface area (Å²) >= 11 is 0. The van der Waals surface area contributed by atoms with Gasteiger partial charge in [0.15, 0.2) is 9.84 Å². The maximum absolute atomic E-state index is 13.6. The Morgan fingerprint density at radius 3 is 2.32 bits per heavy atom. The quantitative estimate of drug-likeness (QED) is 0.765. The first-order chi connectivity index (χ1) is 8.72. The van der Waals surface area contributed by atoms with E-state index in [2.05, 4.69) is 0 Å². The second kappa shape index (κ2) is 4.73. The van der Waals surface area contributed by atoms with Crippen LogP contribution < -0.4 is 5.73 Å². The molecule has 1 aromatic rings. The Bertz CT molecular complexity index is 686. The van der Waals surface area contributed by atoms with Crippen molar-refractivity contribution < 1.29 is 21.2 Å². The lowest BCUT2D eigenvalue weighted by atomic mass is 10.3. The van der Waals surface area contributed by atoms with Gasteiger partial charge in [0, 0.05) is 18.8 Å². The highest BCUT2D eigenvalue weighted by atomic mass is 32.2. The first-order valence-electron chi connectivity index (χ1n) is 5.48. The molecule has 0 bridgehead atoms. The molecule has 19 heavy (non-hydrogen) atoms. The lowest BCUT2D eigenvalue weighted by molar-refractivity contribution is 0.426. The van der Waals surface area contributed by atoms with Gasteiger partial charge in [0.05, 0.1) is 11.5 Å². The number of rotatable bonds is 2. The molecule has 1 aliphatic heterocycles. The number of sulfone groups is 1. The number of hydrogen-bond acceptors (Lipinski definition) is 5. The van der Waals surface area contributed by atoms with E-state index >= 15 is 0 Å². The number of benzene rings is 1. The predicted molar refractivity (Wildman–Crippen MR) is 68.2 cm³/mol. The summed E-state index contributed by atoms with van der Waals surface area (Å²) in [6.07, 6.45) is 0. The van der Waals surface area contributed by atoms with Crippen LogP contribution in [0.1, 0.15) is 0 Å². The van der Waals surface area contributed by atoms with Crippen molar-refractivity contribution in [3.05, 3.63) is 24.0 Å². The fourth-order valence-corrected chi connectivity index (χ4v) is 4.72. The fraction of sp³-hybridized carbons (Fsp3) is 0.400. The monoisotopic (exact) mass is 308 g/mol. The van der Waals surface area contributed by atoms with Crippen molar-refractivity contribution in [2.24, 2.45) is 0 Å². The molecule has 0 amide bonds. The smallest absolute Gasteiger partial charge is 0.246 e. The summed E-state index contributed by atoms with van der Waals surface area (Å²) in [4.78, 5) is -0.485. The molecule has 0 saturated carbocycles. The van der Waals surface area contributed by atoms with E-state index < -0.39 is 30.6 Å². The van der Waals surface area contributed by atoms with Crippen molar-refractivity contribution in [2.45, 2.75) is 4.90 Å². The fourth-order valence-electron chi connectivity index (χ4n) is 1.80. The van der Waals surface area contributed by atoms with Crippen LogP contribution in [-0.2, 0) is 19.9 Å². The Morgan fingerprint density at radius 2 is 1.79 bits per heavy atom. The van der Waals surface area contributed by atoms with Gasteiger partial charge < -0.3 is 5.73 Å². The minimum atomic E-state index is -4.02. The van der Waals surface area contributed by atoms with Crippen LogP contribution in [0.25, 0.3) is 0 Å². The number of nitrogens with two attached hydrogens (primary N) is 1. The lowest BCUT2D eigenvalue weighted by Gasteiger charge is -2.26. The third-order valence-corrected chi connectivity index (χ3v) is 6.42. The number of hydrogen-bond donors (Lipinski definition) is 1. The van der Waals surface area contributed by atoms with Crippen LogP contribution in [0.15, 0.2) is 23.1 Å². The summed E-state index contributed by atoms with van der Waals surface area (Å²) < 4.78 is 61.5. The van der Waals surface area contributed by atoms with Crippen LogP contribution in [0.4, 0.5) is 10.1 Å². The van der Waals surface area contributed by atoms with Gasteiger partial charge in [-0.3, -0.25) is 0 Å². The molecular weight excluding hydrogens is 295 g/mol. The van der Waals surface area contributed by atoms with Crippen molar-refractivity contribution in [3.8, 4) is 0 Å². The largest absolute Gasteiger partial charge is 0.399 e. The molecule has 0 radical (unpaired) electrons. The normalized spacial score (nSPS) is 20.3. The SMILES string of the molecule is Nc1ccc(S(=O)(=O)N2CCS(=O)(=O)CC2)c(F)c1. The first-order valence-corrected chi connectivity index (χ1v) is 8.74. The average Bonchev–Trinajstić information content (AvgIpc) is 2.27. The van der Waals surface area contributed by atoms with E-state index in [1.165, 1.54) is 6.07 Å². The van der Waals surface area contributed by atoms with E-state index in [0.29, 0.717) is 0 Å². The Hall–Kier alpha value is -1.19. The molecule has 0 aromatic heterocycles. The van der Waals surface area contributed by atoms with Crippen LogP contribution in [0, 0.1) is 5.82 Å². The molecule has 0 aliphatic carbocycles. The molecule has 1 aromatic carbocycles. The highest BCUT2D eigenvalue weighted by Crippen LogP contribution is 2.22. The highest BCUT2D eigenvalue weighted by Gasteiger charge is 2.32. The van der Waals surface area contributed by atoms with Gasteiger partial charge in [0.1, 0.15) is 10.7 Å². The zero-order valence-electron chi connectivity index (χ0n) is 9.91. The molecule has 2 N–H and O–H groups in total. The predicted octanol–water partition coefficient (Wildman–Crippen LogP) is -0.173. The second-order valence-corrected chi connectivity index (χ2v) is 8.46. The molecule has 0 unspecified atom stereocenters. The second-order valence-electron chi connectivity index (χ2n) is 4.25. The van der Waals surface area contributed by atoms with Gasteiger partial charge in [-0.1, -0.05) is 0 Å². The zero-order chi connectivity index (χ0) is 14.3. The van der Waals surface area contributed by atoms with Crippen molar-refractivity contribution >= 4 is 25.5 Å². The highest BCUT2D eigenvalue weighted by molar-refractivity contribution is 7.92. The molecule has 0 spiro atoms. The summed E-state index contributed by atoms with van der Waals surface area (Å²) in [5.41, 5.74) is 5.48. The van der Waals surface area contributed by atoms with Crippen molar-refractivity contribution in [2.75, 3.05) is 30.3 Å². The molecule has 1 fully saturated rings. The third-order valence-electron chi connectivity index (χ3n) is 2.88. The van der Waals surface area contributed by atoms with Crippen LogP contribution >= 0.6 is 0 Å². The Balaban J connectivity index is 2.33. The third kappa shape index (κ3) is 2.88. The van der Waals surface area contributed by atoms with Gasteiger partial charge in [-0.15, -0.1) is 0 Å². The van der Waals surface area contributed by atoms with Gasteiger partial charge in [-0.2, -0.15) is 4.31 Å². The lowest BCUT2D eigenvalue weighted by Crippen LogP contribution is -2.43. The first kappa shape index (κ1) is 14.2. The topological polar surface area (TPSA) is 97.5 Å². The van der Waals surface area contributed by atoms with Gasteiger partial charge >= 0.3 is 0 Å². The molecule has 9 heteroatoms. The van der Waals surface area contributed by atoms with Gasteiger partial charge in [-0.25, -0.2) is 21.2 Å². The molecule has 106 valence electrons. The van der Waals surface area contributed by atoms with Gasteiger partial charge in [0.25, 0.3) is 0 Å². The van der Waals surface area contributed by atoms with Crippen LogP contribution in [0.3, 0.4) is 0 Å². The molecular formula is C10H13FN2O4S2. The van der Waals surface area contributed by atoms with Crippen molar-refractivity contribution in [1.29, 1.82) is 0 Å². The summed E-state index contributed by atoms with van der Waals surface area (Å²) in [5.74, 6) is -1.43. The molecule has 6 nitrogen and oxygen atoms in total. The number of nitrogen functional groups attached to an aromatic ring is 1.